The second-order valence-corrected chi connectivity index (χ2v) is 7.44. The van der Waals surface area contributed by atoms with E-state index < -0.39 is 14.8 Å². The molecule has 1 N–H and O–H groups in total. The number of rotatable bonds is 5. The molecule has 0 amide bonds. The van der Waals surface area contributed by atoms with Gasteiger partial charge in [-0.3, -0.25) is 10.1 Å². The summed E-state index contributed by atoms with van der Waals surface area (Å²) < 4.78 is 22.9. The Hall–Kier alpha value is -1.93. The van der Waals surface area contributed by atoms with Gasteiger partial charge in [0.2, 0.25) is 0 Å². The summed E-state index contributed by atoms with van der Waals surface area (Å²) in [6.07, 6.45) is 1.03. The first-order valence-electron chi connectivity index (χ1n) is 5.64. The zero-order valence-corrected chi connectivity index (χ0v) is 12.2. The minimum absolute atomic E-state index is 0.0141. The Morgan fingerprint density at radius 3 is 2.50 bits per heavy atom. The van der Waals surface area contributed by atoms with Crippen molar-refractivity contribution in [1.82, 2.24) is 0 Å². The average molecular weight is 312 g/mol. The summed E-state index contributed by atoms with van der Waals surface area (Å²) in [5.41, 5.74) is 0.738. The number of hydrogen-bond acceptors (Lipinski definition) is 6. The Kier molecular flexibility index (Phi) is 4.05. The molecule has 8 heteroatoms. The highest BCUT2D eigenvalue weighted by Gasteiger charge is 2.23. The van der Waals surface area contributed by atoms with E-state index in [0.717, 1.165) is 29.2 Å². The molecular weight excluding hydrogens is 300 g/mol. The number of sulfone groups is 1. The van der Waals surface area contributed by atoms with Crippen molar-refractivity contribution in [2.45, 2.75) is 10.8 Å². The van der Waals surface area contributed by atoms with Gasteiger partial charge >= 0.3 is 5.69 Å². The predicted octanol–water partition coefficient (Wildman–Crippen LogP) is 2.67. The molecule has 0 atom stereocenters. The van der Waals surface area contributed by atoms with Gasteiger partial charge in [-0.05, 0) is 5.56 Å². The fraction of sp³-hybridized carbons (Fsp3) is 0.167. The van der Waals surface area contributed by atoms with E-state index >= 15 is 0 Å². The molecular formula is C12H12N2O4S2. The van der Waals surface area contributed by atoms with E-state index in [1.54, 1.807) is 0 Å². The van der Waals surface area contributed by atoms with Crippen molar-refractivity contribution in [2.75, 3.05) is 11.6 Å². The Balaban J connectivity index is 2.27. The van der Waals surface area contributed by atoms with Crippen LogP contribution in [0.2, 0.25) is 0 Å². The molecule has 0 unspecified atom stereocenters. The standard InChI is InChI=1S/C12H12N2O4S2/c1-20(17,18)11-7-10(14(15)16)12(19-11)13-8-9-5-3-2-4-6-9/h2-7,13H,8H2,1H3. The van der Waals surface area contributed by atoms with Gasteiger partial charge in [-0.25, -0.2) is 8.42 Å². The van der Waals surface area contributed by atoms with Crippen molar-refractivity contribution in [2.24, 2.45) is 0 Å². The quantitative estimate of drug-likeness (QED) is 0.677. The number of thiophene rings is 1. The van der Waals surface area contributed by atoms with Crippen LogP contribution in [0.5, 0.6) is 0 Å². The van der Waals surface area contributed by atoms with E-state index in [1.165, 1.54) is 0 Å². The van der Waals surface area contributed by atoms with Crippen LogP contribution >= 0.6 is 11.3 Å². The molecule has 0 radical (unpaired) electrons. The highest BCUT2D eigenvalue weighted by molar-refractivity contribution is 7.92. The van der Waals surface area contributed by atoms with Crippen LogP contribution in [-0.4, -0.2) is 19.6 Å². The van der Waals surface area contributed by atoms with E-state index in [9.17, 15) is 18.5 Å². The largest absolute Gasteiger partial charge is 0.367 e. The molecule has 0 spiro atoms. The third-order valence-electron chi connectivity index (χ3n) is 2.55. The Morgan fingerprint density at radius 2 is 1.95 bits per heavy atom. The number of nitro groups is 1. The van der Waals surface area contributed by atoms with Gasteiger partial charge in [0.1, 0.15) is 4.21 Å². The second-order valence-electron chi connectivity index (χ2n) is 4.15. The molecule has 0 saturated heterocycles. The molecule has 0 aliphatic rings. The van der Waals surface area contributed by atoms with Crippen LogP contribution < -0.4 is 5.32 Å². The highest BCUT2D eigenvalue weighted by Crippen LogP contribution is 2.37. The summed E-state index contributed by atoms with van der Waals surface area (Å²) in [5, 5.41) is 14.1. The number of nitrogens with zero attached hydrogens (tertiary/aromatic N) is 1. The van der Waals surface area contributed by atoms with Crippen LogP contribution in [0.15, 0.2) is 40.6 Å². The van der Waals surface area contributed by atoms with Gasteiger partial charge in [0.15, 0.2) is 14.8 Å². The lowest BCUT2D eigenvalue weighted by Crippen LogP contribution is -1.99. The lowest BCUT2D eigenvalue weighted by atomic mass is 10.2. The number of nitrogens with one attached hydrogen (secondary N) is 1. The molecule has 0 fully saturated rings. The fourth-order valence-electron chi connectivity index (χ4n) is 1.58. The van der Waals surface area contributed by atoms with E-state index in [2.05, 4.69) is 5.32 Å². The van der Waals surface area contributed by atoms with Crippen molar-refractivity contribution < 1.29 is 13.3 Å². The molecule has 0 aliphatic heterocycles. The number of benzene rings is 1. The van der Waals surface area contributed by atoms with E-state index in [0.29, 0.717) is 6.54 Å². The molecule has 1 aromatic heterocycles. The molecule has 0 bridgehead atoms. The molecule has 1 heterocycles. The molecule has 2 rings (SSSR count). The minimum Gasteiger partial charge on any atom is -0.367 e. The van der Waals surface area contributed by atoms with Crippen LogP contribution in [0.4, 0.5) is 10.7 Å². The van der Waals surface area contributed by atoms with Gasteiger partial charge in [-0.1, -0.05) is 41.7 Å². The van der Waals surface area contributed by atoms with Crippen LogP contribution in [0.1, 0.15) is 5.56 Å². The highest BCUT2D eigenvalue weighted by atomic mass is 32.2. The molecule has 0 aliphatic carbocycles. The first-order chi connectivity index (χ1) is 9.38. The third-order valence-corrected chi connectivity index (χ3v) is 5.43. The molecule has 2 aromatic rings. The zero-order chi connectivity index (χ0) is 14.8. The Bertz CT molecular complexity index is 723. The van der Waals surface area contributed by atoms with E-state index in [1.807, 2.05) is 30.3 Å². The monoisotopic (exact) mass is 312 g/mol. The summed E-state index contributed by atoms with van der Waals surface area (Å²) in [4.78, 5) is 10.4. The maximum atomic E-state index is 11.5. The molecule has 20 heavy (non-hydrogen) atoms. The maximum absolute atomic E-state index is 11.5. The van der Waals surface area contributed by atoms with Gasteiger partial charge < -0.3 is 5.32 Å². The Morgan fingerprint density at radius 1 is 1.30 bits per heavy atom. The van der Waals surface area contributed by atoms with Gasteiger partial charge in [0.25, 0.3) is 0 Å². The number of anilines is 1. The Labute approximate surface area is 120 Å². The summed E-state index contributed by atoms with van der Waals surface area (Å²) in [6, 6.07) is 10.4. The van der Waals surface area contributed by atoms with Crippen LogP contribution in [0.25, 0.3) is 0 Å². The van der Waals surface area contributed by atoms with Crippen molar-refractivity contribution in [1.29, 1.82) is 0 Å². The topological polar surface area (TPSA) is 89.3 Å². The zero-order valence-electron chi connectivity index (χ0n) is 10.6. The minimum atomic E-state index is -3.45. The lowest BCUT2D eigenvalue weighted by molar-refractivity contribution is -0.383. The molecule has 0 saturated carbocycles. The lowest BCUT2D eigenvalue weighted by Gasteiger charge is -2.03. The maximum Gasteiger partial charge on any atom is 0.304 e. The van der Waals surface area contributed by atoms with Crippen LogP contribution in [0.3, 0.4) is 0 Å². The smallest absolute Gasteiger partial charge is 0.304 e. The van der Waals surface area contributed by atoms with E-state index in [-0.39, 0.29) is 14.9 Å². The first kappa shape index (κ1) is 14.5. The van der Waals surface area contributed by atoms with Crippen molar-refractivity contribution >= 4 is 31.9 Å². The molecule has 1 aromatic carbocycles. The van der Waals surface area contributed by atoms with Gasteiger partial charge in [0.05, 0.1) is 4.92 Å². The number of hydrogen-bond donors (Lipinski definition) is 1. The summed E-state index contributed by atoms with van der Waals surface area (Å²) in [6.45, 7) is 0.394. The summed E-state index contributed by atoms with van der Waals surface area (Å²) >= 11 is 0.873. The second kappa shape index (κ2) is 5.59. The fourth-order valence-corrected chi connectivity index (χ4v) is 3.52. The first-order valence-corrected chi connectivity index (χ1v) is 8.35. The summed E-state index contributed by atoms with van der Waals surface area (Å²) in [7, 11) is -3.45. The van der Waals surface area contributed by atoms with Crippen molar-refractivity contribution in [3.63, 3.8) is 0 Å². The van der Waals surface area contributed by atoms with Gasteiger partial charge in [0, 0.05) is 18.9 Å². The third kappa shape index (κ3) is 3.34. The van der Waals surface area contributed by atoms with Crippen molar-refractivity contribution in [3.8, 4) is 0 Å². The van der Waals surface area contributed by atoms with Crippen LogP contribution in [0, 0.1) is 10.1 Å². The SMILES string of the molecule is CS(=O)(=O)c1cc([N+](=O)[O-])c(NCc2ccccc2)s1. The molecule has 6 nitrogen and oxygen atoms in total. The van der Waals surface area contributed by atoms with E-state index in [4.69, 9.17) is 0 Å². The normalized spacial score (nSPS) is 11.2. The van der Waals surface area contributed by atoms with Gasteiger partial charge in [-0.2, -0.15) is 0 Å². The summed E-state index contributed by atoms with van der Waals surface area (Å²) in [5.74, 6) is 0. The van der Waals surface area contributed by atoms with Gasteiger partial charge in [-0.15, -0.1) is 0 Å². The average Bonchev–Trinajstić information content (AvgIpc) is 2.82. The molecule has 106 valence electrons. The van der Waals surface area contributed by atoms with Crippen LogP contribution in [-0.2, 0) is 16.4 Å². The predicted molar refractivity (Wildman–Crippen MR) is 77.9 cm³/mol. The van der Waals surface area contributed by atoms with Crippen molar-refractivity contribution in [3.05, 3.63) is 52.1 Å².